The van der Waals surface area contributed by atoms with Crippen LogP contribution < -0.4 is 5.76 Å². The van der Waals surface area contributed by atoms with Gasteiger partial charge < -0.3 is 4.74 Å². The van der Waals surface area contributed by atoms with E-state index in [1.807, 2.05) is 0 Å². The Morgan fingerprint density at radius 3 is 2.88 bits per heavy atom. The Morgan fingerprint density at radius 1 is 1.38 bits per heavy atom. The third-order valence-electron chi connectivity index (χ3n) is 5.11. The number of carbonyl (C=O) groups is 1. The molecule has 0 N–H and O–H groups in total. The standard InChI is InChI=1S/C19H25N3O4/c1-12(2)14-8-7-13(3)10-16(14)25-17(23)11-22-18(21-26-19(22)24)15-6-4-5-9-20-15/h4-6,9,12-14,16H,7-8,10-11H2,1-3H3/t13-,14+,16-/m1/s1. The molecule has 0 spiro atoms. The summed E-state index contributed by atoms with van der Waals surface area (Å²) in [5.41, 5.74) is 0.470. The summed E-state index contributed by atoms with van der Waals surface area (Å²) < 4.78 is 11.7. The molecule has 0 unspecified atom stereocenters. The van der Waals surface area contributed by atoms with Gasteiger partial charge in [-0.2, -0.15) is 0 Å². The number of pyridine rings is 1. The second kappa shape index (κ2) is 7.85. The average molecular weight is 359 g/mol. The Balaban J connectivity index is 1.74. The molecule has 0 aromatic carbocycles. The number of hydrogen-bond donors (Lipinski definition) is 0. The first kappa shape index (κ1) is 18.4. The van der Waals surface area contributed by atoms with E-state index in [4.69, 9.17) is 9.26 Å². The lowest BCUT2D eigenvalue weighted by Gasteiger charge is -2.36. The van der Waals surface area contributed by atoms with E-state index in [0.717, 1.165) is 19.3 Å². The third-order valence-corrected chi connectivity index (χ3v) is 5.11. The molecule has 1 aliphatic carbocycles. The summed E-state index contributed by atoms with van der Waals surface area (Å²) in [6, 6.07) is 5.24. The summed E-state index contributed by atoms with van der Waals surface area (Å²) in [6.45, 7) is 6.27. The highest BCUT2D eigenvalue weighted by molar-refractivity contribution is 5.70. The number of ether oxygens (including phenoxy) is 1. The maximum absolute atomic E-state index is 12.5. The van der Waals surface area contributed by atoms with E-state index >= 15 is 0 Å². The highest BCUT2D eigenvalue weighted by Crippen LogP contribution is 2.35. The second-order valence-electron chi connectivity index (χ2n) is 7.43. The normalized spacial score (nSPS) is 23.2. The Bertz CT molecular complexity index is 797. The summed E-state index contributed by atoms with van der Waals surface area (Å²) >= 11 is 0. The molecule has 1 fully saturated rings. The van der Waals surface area contributed by atoms with Crippen LogP contribution in [0.1, 0.15) is 40.0 Å². The fourth-order valence-corrected chi connectivity index (χ4v) is 3.67. The van der Waals surface area contributed by atoms with Gasteiger partial charge in [0.25, 0.3) is 0 Å². The van der Waals surface area contributed by atoms with Crippen LogP contribution in [0.2, 0.25) is 0 Å². The van der Waals surface area contributed by atoms with Gasteiger partial charge in [0.1, 0.15) is 18.3 Å². The van der Waals surface area contributed by atoms with Crippen LogP contribution in [0.25, 0.3) is 11.5 Å². The molecule has 0 radical (unpaired) electrons. The topological polar surface area (TPSA) is 87.2 Å². The van der Waals surface area contributed by atoms with Crippen molar-refractivity contribution in [3.8, 4) is 11.5 Å². The zero-order valence-corrected chi connectivity index (χ0v) is 15.4. The molecule has 7 heteroatoms. The van der Waals surface area contributed by atoms with Crippen molar-refractivity contribution in [2.75, 3.05) is 0 Å². The lowest BCUT2D eigenvalue weighted by Crippen LogP contribution is -2.37. The van der Waals surface area contributed by atoms with Crippen molar-refractivity contribution < 1.29 is 14.1 Å². The Kier molecular flexibility index (Phi) is 5.54. The van der Waals surface area contributed by atoms with E-state index in [1.54, 1.807) is 24.4 Å². The van der Waals surface area contributed by atoms with Gasteiger partial charge in [0.2, 0.25) is 5.82 Å². The molecule has 0 amide bonds. The molecule has 2 aromatic rings. The van der Waals surface area contributed by atoms with Gasteiger partial charge in [-0.3, -0.25) is 14.3 Å². The van der Waals surface area contributed by atoms with Crippen LogP contribution >= 0.6 is 0 Å². The summed E-state index contributed by atoms with van der Waals surface area (Å²) in [5, 5.41) is 3.75. The van der Waals surface area contributed by atoms with Crippen molar-refractivity contribution >= 4 is 5.97 Å². The molecule has 2 aromatic heterocycles. The van der Waals surface area contributed by atoms with Crippen LogP contribution in [-0.2, 0) is 16.1 Å². The first-order valence-corrected chi connectivity index (χ1v) is 9.13. The predicted octanol–water partition coefficient (Wildman–Crippen LogP) is 2.90. The van der Waals surface area contributed by atoms with E-state index in [2.05, 4.69) is 30.9 Å². The van der Waals surface area contributed by atoms with Gasteiger partial charge in [-0.05, 0) is 42.7 Å². The van der Waals surface area contributed by atoms with Gasteiger partial charge in [-0.25, -0.2) is 9.36 Å². The molecule has 1 aliphatic rings. The monoisotopic (exact) mass is 359 g/mol. The summed E-state index contributed by atoms with van der Waals surface area (Å²) in [4.78, 5) is 28.6. The number of hydrogen-bond acceptors (Lipinski definition) is 6. The lowest BCUT2D eigenvalue weighted by atomic mass is 9.75. The Hall–Kier alpha value is -2.44. The maximum atomic E-state index is 12.5. The number of aromatic nitrogens is 3. The van der Waals surface area contributed by atoms with Gasteiger partial charge in [0.05, 0.1) is 0 Å². The molecule has 2 heterocycles. The van der Waals surface area contributed by atoms with E-state index in [1.165, 1.54) is 4.57 Å². The Labute approximate surface area is 152 Å². The predicted molar refractivity (Wildman–Crippen MR) is 95.2 cm³/mol. The number of carbonyl (C=O) groups excluding carboxylic acids is 1. The van der Waals surface area contributed by atoms with Crippen LogP contribution in [-0.4, -0.2) is 26.8 Å². The average Bonchev–Trinajstić information content (AvgIpc) is 2.96. The maximum Gasteiger partial charge on any atom is 0.442 e. The third kappa shape index (κ3) is 4.03. The molecule has 7 nitrogen and oxygen atoms in total. The first-order chi connectivity index (χ1) is 12.5. The highest BCUT2D eigenvalue weighted by Gasteiger charge is 2.33. The number of rotatable bonds is 5. The molecule has 0 saturated heterocycles. The van der Waals surface area contributed by atoms with Gasteiger partial charge in [0.15, 0.2) is 0 Å². The first-order valence-electron chi connectivity index (χ1n) is 9.13. The van der Waals surface area contributed by atoms with Gasteiger partial charge in [0, 0.05) is 6.20 Å². The zero-order valence-electron chi connectivity index (χ0n) is 15.4. The molecule has 3 atom stereocenters. The van der Waals surface area contributed by atoms with Gasteiger partial charge in [-0.15, -0.1) is 0 Å². The van der Waals surface area contributed by atoms with Crippen molar-refractivity contribution in [2.45, 2.75) is 52.7 Å². The number of esters is 1. The lowest BCUT2D eigenvalue weighted by molar-refractivity contribution is -0.156. The zero-order chi connectivity index (χ0) is 18.7. The van der Waals surface area contributed by atoms with E-state index < -0.39 is 11.7 Å². The second-order valence-corrected chi connectivity index (χ2v) is 7.43. The summed E-state index contributed by atoms with van der Waals surface area (Å²) in [7, 11) is 0. The van der Waals surface area contributed by atoms with Crippen LogP contribution in [0, 0.1) is 17.8 Å². The fourth-order valence-electron chi connectivity index (χ4n) is 3.67. The van der Waals surface area contributed by atoms with E-state index in [-0.39, 0.29) is 18.5 Å². The van der Waals surface area contributed by atoms with E-state index in [0.29, 0.717) is 23.4 Å². The summed E-state index contributed by atoms with van der Waals surface area (Å²) in [6.07, 6.45) is 4.56. The molecule has 1 saturated carbocycles. The van der Waals surface area contributed by atoms with Crippen LogP contribution in [0.15, 0.2) is 33.7 Å². The van der Waals surface area contributed by atoms with Crippen molar-refractivity contribution in [3.05, 3.63) is 34.9 Å². The highest BCUT2D eigenvalue weighted by atomic mass is 16.5. The molecular formula is C19H25N3O4. The largest absolute Gasteiger partial charge is 0.461 e. The molecule has 3 rings (SSSR count). The smallest absolute Gasteiger partial charge is 0.442 e. The van der Waals surface area contributed by atoms with E-state index in [9.17, 15) is 9.59 Å². The van der Waals surface area contributed by atoms with Gasteiger partial charge >= 0.3 is 11.7 Å². The minimum absolute atomic E-state index is 0.111. The van der Waals surface area contributed by atoms with Crippen molar-refractivity contribution in [3.63, 3.8) is 0 Å². The van der Waals surface area contributed by atoms with Crippen LogP contribution in [0.5, 0.6) is 0 Å². The fraction of sp³-hybridized carbons (Fsp3) is 0.579. The van der Waals surface area contributed by atoms with Crippen molar-refractivity contribution in [1.82, 2.24) is 14.7 Å². The summed E-state index contributed by atoms with van der Waals surface area (Å²) in [5.74, 6) is 0.416. The minimum Gasteiger partial charge on any atom is -0.461 e. The van der Waals surface area contributed by atoms with Crippen LogP contribution in [0.3, 0.4) is 0 Å². The molecule has 0 aliphatic heterocycles. The molecule has 0 bridgehead atoms. The molecule has 26 heavy (non-hydrogen) atoms. The van der Waals surface area contributed by atoms with Crippen molar-refractivity contribution in [2.24, 2.45) is 17.8 Å². The van der Waals surface area contributed by atoms with Crippen molar-refractivity contribution in [1.29, 1.82) is 0 Å². The van der Waals surface area contributed by atoms with Gasteiger partial charge in [-0.1, -0.05) is 38.4 Å². The SMILES string of the molecule is CC(C)[C@@H]1CC[C@@H](C)C[C@H]1OC(=O)Cn1c(-c2ccccn2)noc1=O. The van der Waals surface area contributed by atoms with Crippen LogP contribution in [0.4, 0.5) is 0 Å². The quantitative estimate of drug-likeness (QED) is 0.763. The molecule has 140 valence electrons. The Morgan fingerprint density at radius 2 is 2.19 bits per heavy atom. The minimum atomic E-state index is -0.694. The molecular weight excluding hydrogens is 334 g/mol. The number of nitrogens with zero attached hydrogens (tertiary/aromatic N) is 3.